The van der Waals surface area contributed by atoms with Gasteiger partial charge in [0.1, 0.15) is 24.7 Å². The molecular weight excluding hydrogens is 424 g/mol. The average molecular weight is 462 g/mol. The molecule has 0 aliphatic carbocycles. The smallest absolute Gasteiger partial charge is 0.322 e. The number of carbonyl (C=O) groups excluding carboxylic acids is 4. The number of carboxylic acid groups (broad SMARTS) is 1. The van der Waals surface area contributed by atoms with Gasteiger partial charge in [0.15, 0.2) is 0 Å². The molecular formula is C19H37N6O7+. The van der Waals surface area contributed by atoms with Gasteiger partial charge in [0.2, 0.25) is 23.6 Å². The number of nitrogens with one attached hydrogen (secondary N) is 4. The predicted octanol–water partition coefficient (Wildman–Crippen LogP) is -3.95. The molecule has 13 nitrogen and oxygen atoms in total. The molecule has 0 unspecified atom stereocenters. The van der Waals surface area contributed by atoms with E-state index in [0.717, 1.165) is 6.42 Å². The van der Waals surface area contributed by atoms with Crippen LogP contribution in [-0.4, -0.2) is 84.2 Å². The summed E-state index contributed by atoms with van der Waals surface area (Å²) in [5, 5.41) is 27.2. The molecule has 0 radical (unpaired) electrons. The highest BCUT2D eigenvalue weighted by atomic mass is 16.4. The van der Waals surface area contributed by atoms with Crippen molar-refractivity contribution in [1.29, 1.82) is 0 Å². The van der Waals surface area contributed by atoms with Crippen LogP contribution in [-0.2, 0) is 24.0 Å². The van der Waals surface area contributed by atoms with Gasteiger partial charge in [-0.25, -0.2) is 0 Å². The molecule has 32 heavy (non-hydrogen) atoms. The van der Waals surface area contributed by atoms with Crippen molar-refractivity contribution in [3.8, 4) is 0 Å². The lowest BCUT2D eigenvalue weighted by atomic mass is 10.0. The molecule has 0 saturated carbocycles. The molecule has 0 saturated heterocycles. The first kappa shape index (κ1) is 29.2. The lowest BCUT2D eigenvalue weighted by Gasteiger charge is -2.25. The Morgan fingerprint density at radius 2 is 1.53 bits per heavy atom. The summed E-state index contributed by atoms with van der Waals surface area (Å²) < 4.78 is 0. The van der Waals surface area contributed by atoms with Crippen LogP contribution in [0.3, 0.4) is 0 Å². The molecule has 0 heterocycles. The van der Waals surface area contributed by atoms with Crippen molar-refractivity contribution in [2.75, 3.05) is 26.2 Å². The number of unbranched alkanes of at least 4 members (excludes halogenated alkanes) is 1. The lowest BCUT2D eigenvalue weighted by Crippen LogP contribution is -2.57. The largest absolute Gasteiger partial charge is 0.480 e. The SMILES string of the molecule is CC(C)C[C@@H](NC(=O)[C@@H](N)CO)C(=O)N[C@@H](CCCC[NH3+])C(=O)NCC(=O)NCC(=O)O. The first-order valence-corrected chi connectivity index (χ1v) is 10.5. The molecule has 0 spiro atoms. The highest BCUT2D eigenvalue weighted by Gasteiger charge is 2.28. The van der Waals surface area contributed by atoms with Gasteiger partial charge in [0.05, 0.1) is 19.7 Å². The Labute approximate surface area is 187 Å². The van der Waals surface area contributed by atoms with Crippen LogP contribution in [0.25, 0.3) is 0 Å². The van der Waals surface area contributed by atoms with Gasteiger partial charge in [0, 0.05) is 0 Å². The molecule has 0 aliphatic heterocycles. The van der Waals surface area contributed by atoms with Gasteiger partial charge < -0.3 is 42.9 Å². The van der Waals surface area contributed by atoms with E-state index in [2.05, 4.69) is 27.0 Å². The minimum atomic E-state index is -1.22. The fraction of sp³-hybridized carbons (Fsp3) is 0.737. The minimum absolute atomic E-state index is 0.0350. The Hall–Kier alpha value is -2.77. The molecule has 0 aromatic carbocycles. The van der Waals surface area contributed by atoms with Crippen LogP contribution in [0.2, 0.25) is 0 Å². The third kappa shape index (κ3) is 12.8. The zero-order valence-corrected chi connectivity index (χ0v) is 18.7. The molecule has 0 bridgehead atoms. The maximum Gasteiger partial charge on any atom is 0.322 e. The molecule has 11 N–H and O–H groups in total. The second-order valence-corrected chi connectivity index (χ2v) is 7.78. The summed E-state index contributed by atoms with van der Waals surface area (Å²) >= 11 is 0. The number of amides is 4. The van der Waals surface area contributed by atoms with E-state index in [0.29, 0.717) is 13.0 Å². The van der Waals surface area contributed by atoms with Crippen molar-refractivity contribution >= 4 is 29.6 Å². The maximum absolute atomic E-state index is 12.8. The number of nitrogens with two attached hydrogens (primary N) is 1. The van der Waals surface area contributed by atoms with E-state index in [1.54, 1.807) is 0 Å². The number of aliphatic carboxylic acids is 1. The highest BCUT2D eigenvalue weighted by Crippen LogP contribution is 2.07. The minimum Gasteiger partial charge on any atom is -0.480 e. The third-order valence-corrected chi connectivity index (χ3v) is 4.36. The highest BCUT2D eigenvalue weighted by molar-refractivity contribution is 5.94. The fourth-order valence-corrected chi connectivity index (χ4v) is 2.66. The van der Waals surface area contributed by atoms with E-state index in [1.165, 1.54) is 0 Å². The second kappa shape index (κ2) is 15.9. The van der Waals surface area contributed by atoms with Crippen LogP contribution in [0.15, 0.2) is 0 Å². The molecule has 184 valence electrons. The molecule has 4 amide bonds. The number of hydrogen-bond acceptors (Lipinski definition) is 7. The van der Waals surface area contributed by atoms with E-state index >= 15 is 0 Å². The van der Waals surface area contributed by atoms with Crippen molar-refractivity contribution in [2.45, 2.75) is 57.7 Å². The summed E-state index contributed by atoms with van der Waals surface area (Å²) in [4.78, 5) is 59.5. The van der Waals surface area contributed by atoms with Crippen molar-refractivity contribution in [3.05, 3.63) is 0 Å². The molecule has 0 aliphatic rings. The number of hydrogen-bond donors (Lipinski definition) is 8. The van der Waals surface area contributed by atoms with E-state index < -0.39 is 67.4 Å². The Bertz CT molecular complexity index is 644. The van der Waals surface area contributed by atoms with E-state index in [-0.39, 0.29) is 18.8 Å². The second-order valence-electron chi connectivity index (χ2n) is 7.78. The van der Waals surface area contributed by atoms with Gasteiger partial charge in [-0.05, 0) is 31.6 Å². The van der Waals surface area contributed by atoms with Crippen LogP contribution < -0.4 is 32.7 Å². The van der Waals surface area contributed by atoms with Gasteiger partial charge in [-0.2, -0.15) is 0 Å². The van der Waals surface area contributed by atoms with Crippen molar-refractivity contribution in [3.63, 3.8) is 0 Å². The monoisotopic (exact) mass is 461 g/mol. The van der Waals surface area contributed by atoms with Crippen LogP contribution >= 0.6 is 0 Å². The van der Waals surface area contributed by atoms with Crippen LogP contribution in [0.4, 0.5) is 0 Å². The lowest BCUT2D eigenvalue weighted by molar-refractivity contribution is -0.368. The van der Waals surface area contributed by atoms with Crippen molar-refractivity contribution in [2.24, 2.45) is 11.7 Å². The Morgan fingerprint density at radius 1 is 0.906 bits per heavy atom. The summed E-state index contributed by atoms with van der Waals surface area (Å²) in [6.45, 7) is 2.74. The Balaban J connectivity index is 5.16. The van der Waals surface area contributed by atoms with Gasteiger partial charge in [-0.1, -0.05) is 13.8 Å². The normalized spacial score (nSPS) is 13.6. The first-order valence-electron chi connectivity index (χ1n) is 10.5. The number of carboxylic acids is 1. The summed E-state index contributed by atoms with van der Waals surface area (Å²) in [5.41, 5.74) is 9.23. The molecule has 13 heteroatoms. The zero-order chi connectivity index (χ0) is 24.7. The van der Waals surface area contributed by atoms with Gasteiger partial charge in [-0.15, -0.1) is 0 Å². The molecule has 3 atom stereocenters. The fourth-order valence-electron chi connectivity index (χ4n) is 2.66. The van der Waals surface area contributed by atoms with Crippen molar-refractivity contribution < 1.29 is 39.9 Å². The number of carbonyl (C=O) groups is 5. The molecule has 0 aromatic heterocycles. The van der Waals surface area contributed by atoms with Crippen LogP contribution in [0.5, 0.6) is 0 Å². The summed E-state index contributed by atoms with van der Waals surface area (Å²) in [6.07, 6.45) is 1.86. The molecule has 0 fully saturated rings. The van der Waals surface area contributed by atoms with Gasteiger partial charge >= 0.3 is 5.97 Å². The number of aliphatic hydroxyl groups excluding tert-OH is 1. The number of quaternary nitrogens is 1. The van der Waals surface area contributed by atoms with Crippen LogP contribution in [0, 0.1) is 5.92 Å². The Kier molecular flexibility index (Phi) is 14.6. The molecule has 0 aromatic rings. The number of aliphatic hydroxyl groups is 1. The van der Waals surface area contributed by atoms with E-state index in [1.807, 2.05) is 13.8 Å². The summed E-state index contributed by atoms with van der Waals surface area (Å²) in [7, 11) is 0. The maximum atomic E-state index is 12.8. The summed E-state index contributed by atoms with van der Waals surface area (Å²) in [6, 6.07) is -3.13. The standard InChI is InChI=1S/C19H36N6O7/c1-11(2)7-14(25-17(30)12(21)10-26)19(32)24-13(5-3-4-6-20)18(31)23-8-15(27)22-9-16(28)29/h11-14,26H,3-10,20-21H2,1-2H3,(H,22,27)(H,23,31)(H,24,32)(H,25,30)(H,28,29)/p+1/t12-,13-,14+/m0/s1. The quantitative estimate of drug-likeness (QED) is 0.105. The van der Waals surface area contributed by atoms with Crippen LogP contribution in [0.1, 0.15) is 39.5 Å². The predicted molar refractivity (Wildman–Crippen MR) is 114 cm³/mol. The Morgan fingerprint density at radius 3 is 2.06 bits per heavy atom. The zero-order valence-electron chi connectivity index (χ0n) is 18.7. The van der Waals surface area contributed by atoms with E-state index in [4.69, 9.17) is 15.9 Å². The van der Waals surface area contributed by atoms with Gasteiger partial charge in [0.25, 0.3) is 0 Å². The van der Waals surface area contributed by atoms with E-state index in [9.17, 15) is 24.0 Å². The molecule has 0 rings (SSSR count). The third-order valence-electron chi connectivity index (χ3n) is 4.36. The summed E-state index contributed by atoms with van der Waals surface area (Å²) in [5.74, 6) is -3.78. The number of rotatable bonds is 16. The van der Waals surface area contributed by atoms with Gasteiger partial charge in [-0.3, -0.25) is 24.0 Å². The average Bonchev–Trinajstić information content (AvgIpc) is 2.73. The first-order chi connectivity index (χ1) is 15.0. The topological polar surface area (TPSA) is 228 Å². The van der Waals surface area contributed by atoms with Crippen molar-refractivity contribution in [1.82, 2.24) is 21.3 Å².